The van der Waals surface area contributed by atoms with E-state index in [9.17, 15) is 0 Å². The first-order valence-electron chi connectivity index (χ1n) is 7.10. The molecule has 0 N–H and O–H groups in total. The third-order valence-electron chi connectivity index (χ3n) is 4.79. The second-order valence-electron chi connectivity index (χ2n) is 5.86. The highest BCUT2D eigenvalue weighted by molar-refractivity contribution is 4.96. The Hall–Kier alpha value is -0.0400. The summed E-state index contributed by atoms with van der Waals surface area (Å²) in [6.07, 6.45) is 16.0. The quantitative estimate of drug-likeness (QED) is 0.627. The summed E-state index contributed by atoms with van der Waals surface area (Å²) in [5, 5.41) is 0. The largest absolute Gasteiger partial charge is 0.369 e. The Morgan fingerprint density at radius 1 is 0.533 bits per heavy atom. The number of ether oxygens (including phenoxy) is 1. The third-order valence-corrected chi connectivity index (χ3v) is 4.79. The average Bonchev–Trinajstić information content (AvgIpc) is 3.11. The van der Waals surface area contributed by atoms with Gasteiger partial charge in [0.1, 0.15) is 0 Å². The number of epoxide rings is 1. The van der Waals surface area contributed by atoms with Gasteiger partial charge in [0, 0.05) is 0 Å². The van der Waals surface area contributed by atoms with Crippen molar-refractivity contribution in [2.24, 2.45) is 11.8 Å². The lowest BCUT2D eigenvalue weighted by molar-refractivity contribution is 0.241. The Balaban J connectivity index is 1.49. The zero-order valence-electron chi connectivity index (χ0n) is 9.79. The molecule has 0 aromatic rings. The van der Waals surface area contributed by atoms with Gasteiger partial charge < -0.3 is 4.74 Å². The summed E-state index contributed by atoms with van der Waals surface area (Å²) < 4.78 is 6.00. The van der Waals surface area contributed by atoms with Gasteiger partial charge in [-0.15, -0.1) is 0 Å². The van der Waals surface area contributed by atoms with Crippen LogP contribution in [0.2, 0.25) is 0 Å². The van der Waals surface area contributed by atoms with E-state index in [0.29, 0.717) is 12.2 Å². The summed E-state index contributed by atoms with van der Waals surface area (Å²) >= 11 is 0. The molecule has 0 amide bonds. The van der Waals surface area contributed by atoms with E-state index in [1.54, 1.807) is 0 Å². The Morgan fingerprint density at radius 2 is 0.933 bits per heavy atom. The smallest absolute Gasteiger partial charge is 0.0872 e. The van der Waals surface area contributed by atoms with Crippen LogP contribution in [0.25, 0.3) is 0 Å². The van der Waals surface area contributed by atoms with Crippen molar-refractivity contribution in [2.45, 2.75) is 76.4 Å². The van der Waals surface area contributed by atoms with Crippen LogP contribution in [0.1, 0.15) is 64.2 Å². The van der Waals surface area contributed by atoms with Gasteiger partial charge in [0.15, 0.2) is 0 Å². The average molecular weight is 208 g/mol. The van der Waals surface area contributed by atoms with Crippen LogP contribution in [0.3, 0.4) is 0 Å². The molecule has 1 saturated heterocycles. The molecule has 3 aliphatic rings. The molecule has 3 rings (SSSR count). The number of hydrogen-bond donors (Lipinski definition) is 0. The minimum atomic E-state index is 0.688. The van der Waals surface area contributed by atoms with Crippen molar-refractivity contribution < 1.29 is 4.74 Å². The van der Waals surface area contributed by atoms with E-state index in [-0.39, 0.29) is 0 Å². The Morgan fingerprint density at radius 3 is 1.33 bits per heavy atom. The van der Waals surface area contributed by atoms with Crippen molar-refractivity contribution in [3.63, 3.8) is 0 Å². The molecule has 1 heterocycles. The molecule has 15 heavy (non-hydrogen) atoms. The van der Waals surface area contributed by atoms with E-state index in [0.717, 1.165) is 11.8 Å². The van der Waals surface area contributed by atoms with E-state index < -0.39 is 0 Å². The number of rotatable bonds is 2. The van der Waals surface area contributed by atoms with Gasteiger partial charge in [0.25, 0.3) is 0 Å². The zero-order chi connectivity index (χ0) is 10.1. The van der Waals surface area contributed by atoms with Crippen LogP contribution >= 0.6 is 0 Å². The van der Waals surface area contributed by atoms with Gasteiger partial charge in [-0.2, -0.15) is 0 Å². The van der Waals surface area contributed by atoms with Gasteiger partial charge in [-0.25, -0.2) is 0 Å². The van der Waals surface area contributed by atoms with Gasteiger partial charge in [-0.3, -0.25) is 0 Å². The lowest BCUT2D eigenvalue weighted by atomic mass is 9.80. The summed E-state index contributed by atoms with van der Waals surface area (Å²) in [5.41, 5.74) is 0. The molecule has 86 valence electrons. The first-order valence-corrected chi connectivity index (χ1v) is 7.10. The lowest BCUT2D eigenvalue weighted by Gasteiger charge is -2.22. The number of hydrogen-bond acceptors (Lipinski definition) is 1. The predicted octanol–water partition coefficient (Wildman–Crippen LogP) is 3.91. The summed E-state index contributed by atoms with van der Waals surface area (Å²) in [7, 11) is 0. The van der Waals surface area contributed by atoms with Crippen LogP contribution in [0.15, 0.2) is 0 Å². The van der Waals surface area contributed by atoms with Crippen molar-refractivity contribution in [3.8, 4) is 0 Å². The van der Waals surface area contributed by atoms with Gasteiger partial charge >= 0.3 is 0 Å². The van der Waals surface area contributed by atoms with Crippen LogP contribution in [-0.4, -0.2) is 12.2 Å². The van der Waals surface area contributed by atoms with Gasteiger partial charge in [0.2, 0.25) is 0 Å². The van der Waals surface area contributed by atoms with Crippen LogP contribution in [-0.2, 0) is 4.74 Å². The molecule has 2 saturated carbocycles. The molecule has 0 aromatic carbocycles. The van der Waals surface area contributed by atoms with E-state index in [4.69, 9.17) is 4.74 Å². The summed E-state index contributed by atoms with van der Waals surface area (Å²) in [6, 6.07) is 0. The van der Waals surface area contributed by atoms with Crippen LogP contribution < -0.4 is 0 Å². The second kappa shape index (κ2) is 4.45. The Labute approximate surface area is 93.6 Å². The Kier molecular flexibility index (Phi) is 3.01. The van der Waals surface area contributed by atoms with Crippen molar-refractivity contribution >= 4 is 0 Å². The molecule has 1 aliphatic heterocycles. The van der Waals surface area contributed by atoms with Gasteiger partial charge in [-0.1, -0.05) is 38.5 Å². The molecular weight excluding hydrogens is 184 g/mol. The highest BCUT2D eigenvalue weighted by atomic mass is 16.6. The fraction of sp³-hybridized carbons (Fsp3) is 1.00. The first kappa shape index (κ1) is 10.1. The molecule has 0 aromatic heterocycles. The summed E-state index contributed by atoms with van der Waals surface area (Å²) in [4.78, 5) is 0. The molecule has 0 radical (unpaired) electrons. The minimum Gasteiger partial charge on any atom is -0.369 e. The zero-order valence-corrected chi connectivity index (χ0v) is 9.79. The summed E-state index contributed by atoms with van der Waals surface area (Å²) in [5.74, 6) is 1.87. The SMILES string of the molecule is C1CCC([C@H]2O[C@H]2C2CCCCC2)CC1. The van der Waals surface area contributed by atoms with E-state index in [1.807, 2.05) is 0 Å². The molecule has 0 bridgehead atoms. The first-order chi connectivity index (χ1) is 7.45. The molecule has 1 heteroatoms. The maximum absolute atomic E-state index is 6.00. The van der Waals surface area contributed by atoms with Crippen LogP contribution in [0, 0.1) is 11.8 Å². The highest BCUT2D eigenvalue weighted by Gasteiger charge is 2.48. The maximum Gasteiger partial charge on any atom is 0.0872 e. The topological polar surface area (TPSA) is 12.5 Å². The normalized spacial score (nSPS) is 39.2. The van der Waals surface area contributed by atoms with Crippen molar-refractivity contribution in [2.75, 3.05) is 0 Å². The van der Waals surface area contributed by atoms with E-state index in [2.05, 4.69) is 0 Å². The van der Waals surface area contributed by atoms with Crippen LogP contribution in [0.4, 0.5) is 0 Å². The molecule has 2 atom stereocenters. The molecular formula is C14H24O. The standard InChI is InChI=1S/C14H24O/c1-3-7-11(8-4-1)13-14(15-13)12-9-5-2-6-10-12/h11-14H,1-10H2/t13-,14+. The van der Waals surface area contributed by atoms with Gasteiger partial charge in [0.05, 0.1) is 12.2 Å². The Bertz CT molecular complexity index is 179. The monoisotopic (exact) mass is 208 g/mol. The maximum atomic E-state index is 6.00. The van der Waals surface area contributed by atoms with Crippen molar-refractivity contribution in [3.05, 3.63) is 0 Å². The molecule has 0 unspecified atom stereocenters. The molecule has 0 spiro atoms. The van der Waals surface area contributed by atoms with E-state index >= 15 is 0 Å². The highest BCUT2D eigenvalue weighted by Crippen LogP contribution is 2.45. The van der Waals surface area contributed by atoms with Crippen molar-refractivity contribution in [1.29, 1.82) is 0 Å². The predicted molar refractivity (Wildman–Crippen MR) is 61.8 cm³/mol. The minimum absolute atomic E-state index is 0.688. The molecule has 2 aliphatic carbocycles. The summed E-state index contributed by atoms with van der Waals surface area (Å²) in [6.45, 7) is 0. The lowest BCUT2D eigenvalue weighted by Crippen LogP contribution is -2.20. The third kappa shape index (κ3) is 2.22. The van der Waals surface area contributed by atoms with Crippen molar-refractivity contribution in [1.82, 2.24) is 0 Å². The van der Waals surface area contributed by atoms with Crippen LogP contribution in [0.5, 0.6) is 0 Å². The fourth-order valence-electron chi connectivity index (χ4n) is 3.82. The second-order valence-corrected chi connectivity index (χ2v) is 5.86. The van der Waals surface area contributed by atoms with E-state index in [1.165, 1.54) is 64.2 Å². The fourth-order valence-corrected chi connectivity index (χ4v) is 3.82. The molecule has 1 nitrogen and oxygen atoms in total. The van der Waals surface area contributed by atoms with Gasteiger partial charge in [-0.05, 0) is 37.5 Å². The molecule has 3 fully saturated rings.